The van der Waals surface area contributed by atoms with Crippen molar-refractivity contribution in [1.29, 1.82) is 0 Å². The SMILES string of the molecule is CC1=C[C@]23C(=O)[C@@H](C=C4COC(C)(C)O[C@H]4[C@]2(O)[C@H]1OC(=O)c1c(C)nn(-c2ccccc2)c1C)[C@H]1[C@@H](C[C@H]3C)C1(C)C. The number of rotatable bonds is 3. The lowest BCUT2D eigenvalue weighted by Gasteiger charge is -2.52. The molecular formula is C35H42N2O6. The summed E-state index contributed by atoms with van der Waals surface area (Å²) in [6.07, 6.45) is 2.73. The molecule has 5 aliphatic rings. The van der Waals surface area contributed by atoms with Gasteiger partial charge < -0.3 is 19.3 Å². The fourth-order valence-corrected chi connectivity index (χ4v) is 9.22. The van der Waals surface area contributed by atoms with Crippen LogP contribution >= 0.6 is 0 Å². The van der Waals surface area contributed by atoms with Crippen LogP contribution in [-0.2, 0) is 19.0 Å². The number of ketones is 1. The maximum absolute atomic E-state index is 14.9. The number of hydrogen-bond donors (Lipinski definition) is 1. The Bertz CT molecular complexity index is 1600. The van der Waals surface area contributed by atoms with Crippen molar-refractivity contribution in [1.82, 2.24) is 9.78 Å². The summed E-state index contributed by atoms with van der Waals surface area (Å²) in [6.45, 7) is 15.9. The van der Waals surface area contributed by atoms with Gasteiger partial charge in [0, 0.05) is 5.92 Å². The van der Waals surface area contributed by atoms with Crippen LogP contribution in [0.15, 0.2) is 53.6 Å². The molecule has 8 atom stereocenters. The van der Waals surface area contributed by atoms with Gasteiger partial charge in [0.15, 0.2) is 23.3 Å². The van der Waals surface area contributed by atoms with Crippen molar-refractivity contribution < 1.29 is 28.9 Å². The van der Waals surface area contributed by atoms with E-state index in [1.165, 1.54) is 0 Å². The van der Waals surface area contributed by atoms with Crippen molar-refractivity contribution in [3.63, 3.8) is 0 Å². The van der Waals surface area contributed by atoms with E-state index in [1.807, 2.05) is 70.2 Å². The number of Topliss-reactive ketones (excluding diaryl/α,β-unsaturated/α-hetero) is 1. The molecule has 4 aliphatic carbocycles. The number of benzene rings is 1. The molecule has 2 saturated carbocycles. The van der Waals surface area contributed by atoms with Gasteiger partial charge in [0.25, 0.3) is 0 Å². The molecular weight excluding hydrogens is 544 g/mol. The Morgan fingerprint density at radius 2 is 1.81 bits per heavy atom. The molecule has 0 radical (unpaired) electrons. The zero-order valence-corrected chi connectivity index (χ0v) is 26.3. The Hall–Kier alpha value is -3.07. The third-order valence-electron chi connectivity index (χ3n) is 11.4. The number of carbonyl (C=O) groups excluding carboxylic acids is 2. The van der Waals surface area contributed by atoms with Crippen LogP contribution in [0.3, 0.4) is 0 Å². The number of esters is 1. The Morgan fingerprint density at radius 1 is 1.12 bits per heavy atom. The highest BCUT2D eigenvalue weighted by Crippen LogP contribution is 2.72. The third kappa shape index (κ3) is 3.69. The molecule has 7 rings (SSSR count). The van der Waals surface area contributed by atoms with Gasteiger partial charge in [0.05, 0.1) is 29.1 Å². The molecule has 2 bridgehead atoms. The van der Waals surface area contributed by atoms with Crippen molar-refractivity contribution in [3.05, 3.63) is 70.6 Å². The first-order valence-corrected chi connectivity index (χ1v) is 15.5. The Balaban J connectivity index is 1.35. The maximum atomic E-state index is 14.9. The first kappa shape index (κ1) is 28.7. The van der Waals surface area contributed by atoms with Gasteiger partial charge in [-0.1, -0.05) is 51.1 Å². The van der Waals surface area contributed by atoms with Crippen LogP contribution in [-0.4, -0.2) is 56.8 Å². The minimum Gasteiger partial charge on any atom is -0.451 e. The van der Waals surface area contributed by atoms with Gasteiger partial charge >= 0.3 is 5.97 Å². The van der Waals surface area contributed by atoms with Gasteiger partial charge in [-0.15, -0.1) is 0 Å². The van der Waals surface area contributed by atoms with Crippen molar-refractivity contribution >= 4 is 11.8 Å². The molecule has 1 aromatic heterocycles. The highest BCUT2D eigenvalue weighted by molar-refractivity contribution is 5.96. The predicted octanol–water partition coefficient (Wildman–Crippen LogP) is 5.28. The molecule has 1 aliphatic heterocycles. The van der Waals surface area contributed by atoms with Crippen molar-refractivity contribution in [2.24, 2.45) is 34.5 Å². The van der Waals surface area contributed by atoms with E-state index in [1.54, 1.807) is 11.6 Å². The van der Waals surface area contributed by atoms with Crippen molar-refractivity contribution in [3.8, 4) is 5.69 Å². The lowest BCUT2D eigenvalue weighted by molar-refractivity contribution is -0.302. The number of aromatic nitrogens is 2. The number of allylic oxidation sites excluding steroid dienone is 1. The average Bonchev–Trinajstić information content (AvgIpc) is 3.26. The summed E-state index contributed by atoms with van der Waals surface area (Å²) in [6, 6.07) is 9.62. The first-order valence-electron chi connectivity index (χ1n) is 15.5. The average molecular weight is 587 g/mol. The van der Waals surface area contributed by atoms with Gasteiger partial charge in [-0.25, -0.2) is 9.48 Å². The molecule has 8 nitrogen and oxygen atoms in total. The molecule has 2 heterocycles. The van der Waals surface area contributed by atoms with Gasteiger partial charge in [0.1, 0.15) is 11.7 Å². The van der Waals surface area contributed by atoms with Gasteiger partial charge in [-0.3, -0.25) is 4.79 Å². The number of hydrogen-bond acceptors (Lipinski definition) is 7. The standard InChI is InChI=1S/C35H42N2O6/c1-18-16-34-19(2)14-25-27(32(25,5)6)24(28(34)38)15-22-17-41-33(7,8)43-30(22)35(34,40)29(18)42-31(39)26-20(3)36-37(21(26)4)23-12-10-9-11-13-23/h9-13,15-16,19,24-25,27,29-30,40H,14,17H2,1-8H3/t19-,24+,25-,27+,29+,30-,34+,35-/m1/s1. The topological polar surface area (TPSA) is 99.9 Å². The van der Waals surface area contributed by atoms with Crippen molar-refractivity contribution in [2.75, 3.05) is 6.61 Å². The van der Waals surface area contributed by atoms with Crippen LogP contribution < -0.4 is 0 Å². The van der Waals surface area contributed by atoms with E-state index in [4.69, 9.17) is 14.2 Å². The molecule has 1 N–H and O–H groups in total. The molecule has 228 valence electrons. The van der Waals surface area contributed by atoms with Gasteiger partial charge in [-0.05, 0) is 87.5 Å². The Morgan fingerprint density at radius 3 is 2.51 bits per heavy atom. The fraction of sp³-hybridized carbons (Fsp3) is 0.571. The summed E-state index contributed by atoms with van der Waals surface area (Å²) in [5.41, 5.74) is 0.625. The monoisotopic (exact) mass is 586 g/mol. The molecule has 0 amide bonds. The van der Waals surface area contributed by atoms with Gasteiger partial charge in [-0.2, -0.15) is 5.10 Å². The van der Waals surface area contributed by atoms with E-state index in [-0.39, 0.29) is 35.6 Å². The second-order valence-corrected chi connectivity index (χ2v) is 14.6. The zero-order valence-electron chi connectivity index (χ0n) is 26.3. The van der Waals surface area contributed by atoms with E-state index >= 15 is 0 Å². The van der Waals surface area contributed by atoms with Crippen LogP contribution in [0.5, 0.6) is 0 Å². The summed E-state index contributed by atoms with van der Waals surface area (Å²) in [7, 11) is 0. The predicted molar refractivity (Wildman–Crippen MR) is 159 cm³/mol. The van der Waals surface area contributed by atoms with Crippen LogP contribution in [0.25, 0.3) is 5.69 Å². The molecule has 2 aromatic rings. The van der Waals surface area contributed by atoms with E-state index in [2.05, 4.69) is 25.9 Å². The lowest BCUT2D eigenvalue weighted by atomic mass is 9.59. The second-order valence-electron chi connectivity index (χ2n) is 14.6. The minimum absolute atomic E-state index is 0.00830. The summed E-state index contributed by atoms with van der Waals surface area (Å²) < 4.78 is 20.7. The summed E-state index contributed by atoms with van der Waals surface area (Å²) in [4.78, 5) is 29.0. The molecule has 1 spiro atoms. The van der Waals surface area contributed by atoms with E-state index in [0.717, 1.165) is 17.7 Å². The zero-order chi connectivity index (χ0) is 30.9. The van der Waals surface area contributed by atoms with E-state index in [9.17, 15) is 14.7 Å². The Labute approximate surface area is 253 Å². The van der Waals surface area contributed by atoms with Gasteiger partial charge in [0.2, 0.25) is 0 Å². The number of nitrogens with zero attached hydrogens (tertiary/aromatic N) is 2. The smallest absolute Gasteiger partial charge is 0.342 e. The largest absolute Gasteiger partial charge is 0.451 e. The molecule has 1 saturated heterocycles. The number of carbonyl (C=O) groups is 2. The van der Waals surface area contributed by atoms with E-state index < -0.39 is 35.0 Å². The minimum atomic E-state index is -1.86. The van der Waals surface area contributed by atoms with Crippen LogP contribution in [0.4, 0.5) is 0 Å². The lowest BCUT2D eigenvalue weighted by Crippen LogP contribution is -2.68. The quantitative estimate of drug-likeness (QED) is 0.386. The molecule has 3 fully saturated rings. The number of ether oxygens (including phenoxy) is 3. The fourth-order valence-electron chi connectivity index (χ4n) is 9.22. The third-order valence-corrected chi connectivity index (χ3v) is 11.4. The molecule has 8 heteroatoms. The number of aryl methyl sites for hydroxylation is 1. The first-order chi connectivity index (χ1) is 20.1. The Kier molecular flexibility index (Phi) is 6.00. The highest BCUT2D eigenvalue weighted by Gasteiger charge is 2.77. The van der Waals surface area contributed by atoms with Crippen LogP contribution in [0.1, 0.15) is 69.7 Å². The summed E-state index contributed by atoms with van der Waals surface area (Å²) in [5, 5.41) is 17.9. The molecule has 0 unspecified atom stereocenters. The van der Waals surface area contributed by atoms with E-state index in [0.29, 0.717) is 28.4 Å². The summed E-state index contributed by atoms with van der Waals surface area (Å²) in [5.74, 6) is -1.64. The maximum Gasteiger partial charge on any atom is 0.342 e. The van der Waals surface area contributed by atoms with Crippen LogP contribution in [0.2, 0.25) is 0 Å². The number of aliphatic hydroxyl groups is 1. The van der Waals surface area contributed by atoms with Crippen molar-refractivity contribution in [2.45, 2.75) is 85.4 Å². The molecule has 1 aromatic carbocycles. The number of fused-ring (bicyclic) bond motifs is 5. The summed E-state index contributed by atoms with van der Waals surface area (Å²) >= 11 is 0. The van der Waals surface area contributed by atoms with Crippen LogP contribution in [0, 0.1) is 48.3 Å². The highest BCUT2D eigenvalue weighted by atomic mass is 16.7. The second kappa shape index (κ2) is 8.99. The normalized spacial score (nSPS) is 38.5. The number of para-hydroxylation sites is 1. The molecule has 43 heavy (non-hydrogen) atoms.